The van der Waals surface area contributed by atoms with Crippen LogP contribution in [0.5, 0.6) is 0 Å². The van der Waals surface area contributed by atoms with Gasteiger partial charge in [0.15, 0.2) is 0 Å². The highest BCUT2D eigenvalue weighted by molar-refractivity contribution is 5.90. The highest BCUT2D eigenvalue weighted by Gasteiger charge is 1.86. The molecule has 0 rings (SSSR count). The van der Waals surface area contributed by atoms with Crippen molar-refractivity contribution < 1.29 is 14.4 Å². The molecule has 0 bridgehead atoms. The van der Waals surface area contributed by atoms with E-state index < -0.39 is 11.8 Å². The van der Waals surface area contributed by atoms with Gasteiger partial charge in [0.2, 0.25) is 17.7 Å². The predicted octanol–water partition coefficient (Wildman–Crippen LogP) is 0.180. The van der Waals surface area contributed by atoms with E-state index in [1.165, 1.54) is 6.08 Å². The molecule has 0 radical (unpaired) electrons. The Balaban J connectivity index is -0.000000209. The summed E-state index contributed by atoms with van der Waals surface area (Å²) in [5.74, 6) is -1.08. The molecule has 106 valence electrons. The van der Waals surface area contributed by atoms with Crippen LogP contribution < -0.4 is 16.8 Å². The van der Waals surface area contributed by atoms with E-state index in [-0.39, 0.29) is 5.91 Å². The zero-order valence-electron chi connectivity index (χ0n) is 11.1. The summed E-state index contributed by atoms with van der Waals surface area (Å²) in [5.41, 5.74) is 9.63. The molecule has 19 heavy (non-hydrogen) atoms. The number of nitrogens with two attached hydrogens (primary N) is 2. The summed E-state index contributed by atoms with van der Waals surface area (Å²) in [5, 5.41) is 2.51. The minimum atomic E-state index is -0.481. The molecule has 3 amide bonds. The standard InChI is InChI=1S/C6H9NO.C4H7NO.C3H5NO/c1-3-5-7-6(8)4-2;1-3(2)4(5)6;1-2-3(4)5/h3-4H,1-2,5H2,(H,7,8);1H2,2H3,(H2,5,6);2H,1H2,(H2,4,5). The fraction of sp³-hybridized carbons (Fsp3) is 0.154. The van der Waals surface area contributed by atoms with Gasteiger partial charge in [-0.25, -0.2) is 0 Å². The molecular weight excluding hydrogens is 246 g/mol. The lowest BCUT2D eigenvalue weighted by atomic mass is 10.3. The number of hydrogen-bond acceptors (Lipinski definition) is 3. The molecule has 0 heterocycles. The van der Waals surface area contributed by atoms with Gasteiger partial charge in [0.1, 0.15) is 0 Å². The SMILES string of the molecule is C=C(C)C(N)=O.C=CC(N)=O.C=CCNC(=O)C=C. The maximum absolute atomic E-state index is 10.3. The summed E-state index contributed by atoms with van der Waals surface area (Å²) in [6, 6.07) is 0. The average Bonchev–Trinajstić information content (AvgIpc) is 2.37. The van der Waals surface area contributed by atoms with E-state index in [4.69, 9.17) is 5.73 Å². The minimum absolute atomic E-state index is 0.162. The van der Waals surface area contributed by atoms with Gasteiger partial charge >= 0.3 is 0 Å². The van der Waals surface area contributed by atoms with Crippen molar-refractivity contribution in [3.63, 3.8) is 0 Å². The van der Waals surface area contributed by atoms with E-state index in [9.17, 15) is 14.4 Å². The summed E-state index contributed by atoms with van der Waals surface area (Å²) < 4.78 is 0. The van der Waals surface area contributed by atoms with Gasteiger partial charge in [-0.05, 0) is 19.1 Å². The minimum Gasteiger partial charge on any atom is -0.366 e. The zero-order valence-corrected chi connectivity index (χ0v) is 11.1. The fourth-order valence-electron chi connectivity index (χ4n) is 0.245. The van der Waals surface area contributed by atoms with Gasteiger partial charge < -0.3 is 16.8 Å². The van der Waals surface area contributed by atoms with E-state index in [1.54, 1.807) is 13.0 Å². The molecule has 0 aliphatic rings. The lowest BCUT2D eigenvalue weighted by Crippen LogP contribution is -2.19. The van der Waals surface area contributed by atoms with Crippen molar-refractivity contribution >= 4 is 17.7 Å². The van der Waals surface area contributed by atoms with Crippen molar-refractivity contribution in [2.75, 3.05) is 6.54 Å². The smallest absolute Gasteiger partial charge is 0.243 e. The van der Waals surface area contributed by atoms with Crippen LogP contribution in [0.4, 0.5) is 0 Å². The first-order valence-corrected chi connectivity index (χ1v) is 5.11. The largest absolute Gasteiger partial charge is 0.366 e. The third-order valence-corrected chi connectivity index (χ3v) is 1.23. The monoisotopic (exact) mass is 267 g/mol. The molecule has 6 nitrogen and oxygen atoms in total. The first kappa shape index (κ1) is 21.6. The quantitative estimate of drug-likeness (QED) is 0.487. The number of amides is 3. The van der Waals surface area contributed by atoms with Crippen molar-refractivity contribution in [1.82, 2.24) is 5.32 Å². The summed E-state index contributed by atoms with van der Waals surface area (Å²) in [6.45, 7) is 15.1. The van der Waals surface area contributed by atoms with Crippen molar-refractivity contribution in [3.05, 3.63) is 50.1 Å². The maximum Gasteiger partial charge on any atom is 0.243 e. The zero-order chi connectivity index (χ0) is 15.8. The Morgan fingerprint density at radius 3 is 1.63 bits per heavy atom. The molecule has 0 atom stereocenters. The van der Waals surface area contributed by atoms with Crippen LogP contribution in [-0.4, -0.2) is 24.3 Å². The van der Waals surface area contributed by atoms with Crippen LogP contribution in [0.1, 0.15) is 6.92 Å². The predicted molar refractivity (Wildman–Crippen MR) is 76.8 cm³/mol. The molecule has 0 saturated carbocycles. The maximum atomic E-state index is 10.3. The van der Waals surface area contributed by atoms with Gasteiger partial charge in [0.25, 0.3) is 0 Å². The van der Waals surface area contributed by atoms with Gasteiger partial charge in [-0.3, -0.25) is 14.4 Å². The van der Waals surface area contributed by atoms with E-state index in [0.29, 0.717) is 12.1 Å². The number of carbonyl (C=O) groups excluding carboxylic acids is 3. The van der Waals surface area contributed by atoms with Crippen LogP contribution in [0.25, 0.3) is 0 Å². The molecule has 6 heteroatoms. The second kappa shape index (κ2) is 15.4. The van der Waals surface area contributed by atoms with Crippen LogP contribution in [0.2, 0.25) is 0 Å². The first-order valence-electron chi connectivity index (χ1n) is 5.11. The van der Waals surface area contributed by atoms with E-state index in [2.05, 4.69) is 37.4 Å². The Morgan fingerprint density at radius 1 is 1.11 bits per heavy atom. The van der Waals surface area contributed by atoms with Crippen molar-refractivity contribution in [3.8, 4) is 0 Å². The number of hydrogen-bond donors (Lipinski definition) is 3. The van der Waals surface area contributed by atoms with Gasteiger partial charge in [-0.1, -0.05) is 25.8 Å². The Labute approximate surface area is 113 Å². The third-order valence-electron chi connectivity index (χ3n) is 1.23. The van der Waals surface area contributed by atoms with Crippen LogP contribution in [0.15, 0.2) is 50.1 Å². The second-order valence-electron chi connectivity index (χ2n) is 2.99. The molecule has 0 fully saturated rings. The molecule has 5 N–H and O–H groups in total. The summed E-state index contributed by atoms with van der Waals surface area (Å²) in [7, 11) is 0. The van der Waals surface area contributed by atoms with Gasteiger partial charge in [0, 0.05) is 12.1 Å². The topological polar surface area (TPSA) is 115 Å². The molecule has 0 aromatic carbocycles. The summed E-state index contributed by atoms with van der Waals surface area (Å²) >= 11 is 0. The highest BCUT2D eigenvalue weighted by atomic mass is 16.2. The van der Waals surface area contributed by atoms with E-state index in [0.717, 1.165) is 6.08 Å². The van der Waals surface area contributed by atoms with Gasteiger partial charge in [0.05, 0.1) is 0 Å². The first-order chi connectivity index (χ1) is 8.72. The summed E-state index contributed by atoms with van der Waals surface area (Å²) in [6.07, 6.45) is 3.89. The van der Waals surface area contributed by atoms with Crippen LogP contribution >= 0.6 is 0 Å². The number of nitrogens with one attached hydrogen (secondary N) is 1. The molecule has 0 aromatic heterocycles. The lowest BCUT2D eigenvalue weighted by Gasteiger charge is -1.91. The van der Waals surface area contributed by atoms with Crippen molar-refractivity contribution in [2.24, 2.45) is 11.5 Å². The normalized spacial score (nSPS) is 7.21. The molecule has 0 saturated heterocycles. The Morgan fingerprint density at radius 2 is 1.47 bits per heavy atom. The number of primary amides is 2. The van der Waals surface area contributed by atoms with Crippen molar-refractivity contribution in [2.45, 2.75) is 6.92 Å². The highest BCUT2D eigenvalue weighted by Crippen LogP contribution is 1.78. The van der Waals surface area contributed by atoms with Crippen LogP contribution in [-0.2, 0) is 14.4 Å². The molecule has 0 aliphatic heterocycles. The summed E-state index contributed by atoms with van der Waals surface area (Å²) in [4.78, 5) is 29.6. The molecule has 0 aromatic rings. The van der Waals surface area contributed by atoms with Crippen molar-refractivity contribution in [1.29, 1.82) is 0 Å². The molecular formula is C13H21N3O3. The Bertz CT molecular complexity index is 348. The molecule has 0 unspecified atom stereocenters. The van der Waals surface area contributed by atoms with E-state index in [1.807, 2.05) is 0 Å². The number of rotatable bonds is 5. The lowest BCUT2D eigenvalue weighted by molar-refractivity contribution is -0.116. The van der Waals surface area contributed by atoms with Crippen LogP contribution in [0, 0.1) is 0 Å². The molecule has 0 spiro atoms. The Hall–Kier alpha value is -2.63. The van der Waals surface area contributed by atoms with Gasteiger partial charge in [-0.2, -0.15) is 0 Å². The number of carbonyl (C=O) groups is 3. The van der Waals surface area contributed by atoms with Gasteiger partial charge in [-0.15, -0.1) is 6.58 Å². The Kier molecular flexibility index (Phi) is 17.5. The third kappa shape index (κ3) is 31.3. The van der Waals surface area contributed by atoms with E-state index >= 15 is 0 Å². The molecule has 0 aliphatic carbocycles. The second-order valence-corrected chi connectivity index (χ2v) is 2.99. The average molecular weight is 267 g/mol. The fourth-order valence-corrected chi connectivity index (χ4v) is 0.245. The van der Waals surface area contributed by atoms with Crippen LogP contribution in [0.3, 0.4) is 0 Å².